The fourth-order valence-corrected chi connectivity index (χ4v) is 2.19. The van der Waals surface area contributed by atoms with E-state index in [0.29, 0.717) is 18.9 Å². The third-order valence-corrected chi connectivity index (χ3v) is 3.05. The number of anilines is 1. The first kappa shape index (κ1) is 10.2. The van der Waals surface area contributed by atoms with E-state index >= 15 is 0 Å². The normalized spacial score (nSPS) is 20.3. The summed E-state index contributed by atoms with van der Waals surface area (Å²) in [6, 6.07) is 8.08. The number of fused-ring (bicyclic) bond motifs is 1. The Morgan fingerprint density at radius 2 is 2.20 bits per heavy atom. The molecule has 1 amide bonds. The predicted molar refractivity (Wildman–Crippen MR) is 60.9 cm³/mol. The molecule has 1 heterocycles. The van der Waals surface area contributed by atoms with E-state index in [-0.39, 0.29) is 5.91 Å². The average Bonchev–Trinajstić information content (AvgIpc) is 2.26. The Balaban J connectivity index is 2.40. The molecule has 1 aliphatic rings. The van der Waals surface area contributed by atoms with Gasteiger partial charge in [-0.1, -0.05) is 18.2 Å². The minimum absolute atomic E-state index is 0.187. The van der Waals surface area contributed by atoms with E-state index in [2.05, 4.69) is 6.07 Å². The first-order valence-corrected chi connectivity index (χ1v) is 5.29. The van der Waals surface area contributed by atoms with Crippen LogP contribution >= 0.6 is 0 Å². The molecular weight excluding hydrogens is 188 g/mol. The molecule has 3 heteroatoms. The molecule has 0 saturated carbocycles. The number of hydrogen-bond acceptors (Lipinski definition) is 2. The van der Waals surface area contributed by atoms with Crippen molar-refractivity contribution in [1.29, 1.82) is 0 Å². The summed E-state index contributed by atoms with van der Waals surface area (Å²) in [6.45, 7) is 0.635. The molecule has 0 aliphatic carbocycles. The Morgan fingerprint density at radius 1 is 1.47 bits per heavy atom. The monoisotopic (exact) mass is 204 g/mol. The van der Waals surface area contributed by atoms with Gasteiger partial charge < -0.3 is 10.6 Å². The van der Waals surface area contributed by atoms with Crippen LogP contribution in [0, 0.1) is 0 Å². The van der Waals surface area contributed by atoms with E-state index in [0.717, 1.165) is 12.1 Å². The number of rotatable bonds is 2. The van der Waals surface area contributed by atoms with E-state index in [1.807, 2.05) is 25.2 Å². The van der Waals surface area contributed by atoms with Crippen LogP contribution in [-0.2, 0) is 4.79 Å². The standard InChI is InChI=1S/C12H16N2O/c1-14-11-5-3-2-4-10(11)9(6-7-13)8-12(14)15/h2-5,9H,6-8,13H2,1H3. The van der Waals surface area contributed by atoms with Crippen molar-refractivity contribution in [3.8, 4) is 0 Å². The lowest BCUT2D eigenvalue weighted by atomic mass is 9.87. The lowest BCUT2D eigenvalue weighted by Gasteiger charge is -2.31. The number of benzene rings is 1. The number of carbonyl (C=O) groups is 1. The van der Waals surface area contributed by atoms with Gasteiger partial charge in [0.15, 0.2) is 0 Å². The Kier molecular flexibility index (Phi) is 2.73. The van der Waals surface area contributed by atoms with Crippen LogP contribution in [0.2, 0.25) is 0 Å². The van der Waals surface area contributed by atoms with Gasteiger partial charge in [0.05, 0.1) is 0 Å². The summed E-state index contributed by atoms with van der Waals surface area (Å²) < 4.78 is 0. The van der Waals surface area contributed by atoms with Gasteiger partial charge in [0.2, 0.25) is 5.91 Å². The predicted octanol–water partition coefficient (Wildman–Crippen LogP) is 1.49. The van der Waals surface area contributed by atoms with Crippen molar-refractivity contribution >= 4 is 11.6 Å². The maximum absolute atomic E-state index is 11.7. The van der Waals surface area contributed by atoms with Crippen LogP contribution < -0.4 is 10.6 Å². The molecule has 2 rings (SSSR count). The molecule has 0 fully saturated rings. The molecule has 1 aromatic carbocycles. The number of amides is 1. The van der Waals surface area contributed by atoms with Crippen LogP contribution in [0.15, 0.2) is 24.3 Å². The number of nitrogens with two attached hydrogens (primary N) is 1. The Hall–Kier alpha value is -1.35. The summed E-state index contributed by atoms with van der Waals surface area (Å²) >= 11 is 0. The van der Waals surface area contributed by atoms with Crippen molar-refractivity contribution in [3.05, 3.63) is 29.8 Å². The van der Waals surface area contributed by atoms with Crippen LogP contribution in [-0.4, -0.2) is 19.5 Å². The SMILES string of the molecule is CN1C(=O)CC(CCN)c2ccccc21. The molecule has 0 bridgehead atoms. The minimum atomic E-state index is 0.187. The van der Waals surface area contributed by atoms with Crippen LogP contribution in [0.3, 0.4) is 0 Å². The van der Waals surface area contributed by atoms with E-state index in [9.17, 15) is 4.79 Å². The van der Waals surface area contributed by atoms with Gasteiger partial charge in [-0.05, 0) is 30.5 Å². The number of hydrogen-bond donors (Lipinski definition) is 1. The van der Waals surface area contributed by atoms with Gasteiger partial charge in [0, 0.05) is 19.2 Å². The zero-order valence-electron chi connectivity index (χ0n) is 8.94. The maximum atomic E-state index is 11.7. The molecular formula is C12H16N2O. The van der Waals surface area contributed by atoms with Gasteiger partial charge >= 0.3 is 0 Å². The van der Waals surface area contributed by atoms with Crippen molar-refractivity contribution in [2.45, 2.75) is 18.8 Å². The molecule has 1 aromatic rings. The molecule has 80 valence electrons. The van der Waals surface area contributed by atoms with Crippen LogP contribution in [0.4, 0.5) is 5.69 Å². The largest absolute Gasteiger partial charge is 0.330 e. The average molecular weight is 204 g/mol. The van der Waals surface area contributed by atoms with Gasteiger partial charge in [-0.3, -0.25) is 4.79 Å². The second-order valence-corrected chi connectivity index (χ2v) is 3.99. The van der Waals surface area contributed by atoms with E-state index in [1.165, 1.54) is 5.56 Å². The summed E-state index contributed by atoms with van der Waals surface area (Å²) in [7, 11) is 1.83. The van der Waals surface area contributed by atoms with Crippen LogP contribution in [0.5, 0.6) is 0 Å². The highest BCUT2D eigenvalue weighted by molar-refractivity contribution is 5.96. The van der Waals surface area contributed by atoms with Crippen LogP contribution in [0.1, 0.15) is 24.3 Å². The molecule has 1 atom stereocenters. The second kappa shape index (κ2) is 4.03. The smallest absolute Gasteiger partial charge is 0.227 e. The van der Waals surface area contributed by atoms with Crippen molar-refractivity contribution in [2.75, 3.05) is 18.5 Å². The molecule has 1 aliphatic heterocycles. The van der Waals surface area contributed by atoms with E-state index in [4.69, 9.17) is 5.73 Å². The van der Waals surface area contributed by atoms with E-state index in [1.54, 1.807) is 4.90 Å². The molecule has 3 nitrogen and oxygen atoms in total. The van der Waals surface area contributed by atoms with Gasteiger partial charge in [-0.2, -0.15) is 0 Å². The highest BCUT2D eigenvalue weighted by atomic mass is 16.2. The maximum Gasteiger partial charge on any atom is 0.227 e. The minimum Gasteiger partial charge on any atom is -0.330 e. The first-order chi connectivity index (χ1) is 7.24. The van der Waals surface area contributed by atoms with E-state index < -0.39 is 0 Å². The summed E-state index contributed by atoms with van der Waals surface area (Å²) in [6.07, 6.45) is 1.47. The van der Waals surface area contributed by atoms with Crippen molar-refractivity contribution in [3.63, 3.8) is 0 Å². The quantitative estimate of drug-likeness (QED) is 0.793. The Labute approximate surface area is 89.9 Å². The lowest BCUT2D eigenvalue weighted by molar-refractivity contribution is -0.119. The number of para-hydroxylation sites is 1. The van der Waals surface area contributed by atoms with Gasteiger partial charge in [0.25, 0.3) is 0 Å². The lowest BCUT2D eigenvalue weighted by Crippen LogP contribution is -2.33. The third kappa shape index (κ3) is 1.75. The van der Waals surface area contributed by atoms with Crippen molar-refractivity contribution in [2.24, 2.45) is 5.73 Å². The number of nitrogens with zero attached hydrogens (tertiary/aromatic N) is 1. The van der Waals surface area contributed by atoms with Gasteiger partial charge in [-0.25, -0.2) is 0 Å². The first-order valence-electron chi connectivity index (χ1n) is 5.29. The van der Waals surface area contributed by atoms with Crippen molar-refractivity contribution in [1.82, 2.24) is 0 Å². The summed E-state index contributed by atoms with van der Waals surface area (Å²) in [4.78, 5) is 13.5. The Bertz CT molecular complexity index is 376. The summed E-state index contributed by atoms with van der Waals surface area (Å²) in [5.41, 5.74) is 7.86. The molecule has 0 aromatic heterocycles. The molecule has 0 spiro atoms. The Morgan fingerprint density at radius 3 is 2.93 bits per heavy atom. The molecule has 15 heavy (non-hydrogen) atoms. The molecule has 0 saturated heterocycles. The number of carbonyl (C=O) groups excluding carboxylic acids is 1. The summed E-state index contributed by atoms with van der Waals surface area (Å²) in [5.74, 6) is 0.488. The molecule has 1 unspecified atom stereocenters. The van der Waals surface area contributed by atoms with Gasteiger partial charge in [0.1, 0.15) is 0 Å². The van der Waals surface area contributed by atoms with Crippen LogP contribution in [0.25, 0.3) is 0 Å². The zero-order valence-corrected chi connectivity index (χ0v) is 8.94. The summed E-state index contributed by atoms with van der Waals surface area (Å²) in [5, 5.41) is 0. The third-order valence-electron chi connectivity index (χ3n) is 3.05. The topological polar surface area (TPSA) is 46.3 Å². The second-order valence-electron chi connectivity index (χ2n) is 3.99. The molecule has 0 radical (unpaired) electrons. The fourth-order valence-electron chi connectivity index (χ4n) is 2.19. The highest BCUT2D eigenvalue weighted by Gasteiger charge is 2.27. The zero-order chi connectivity index (χ0) is 10.8. The molecule has 2 N–H and O–H groups in total. The van der Waals surface area contributed by atoms with Crippen molar-refractivity contribution < 1.29 is 4.79 Å². The highest BCUT2D eigenvalue weighted by Crippen LogP contribution is 2.36. The van der Waals surface area contributed by atoms with Gasteiger partial charge in [-0.15, -0.1) is 0 Å². The fraction of sp³-hybridized carbons (Fsp3) is 0.417.